The monoisotopic (exact) mass is 573 g/mol. The number of carbonyl (C=O) groups is 1. The fraction of sp³-hybridized carbons (Fsp3) is 0.227. The van der Waals surface area contributed by atoms with Crippen LogP contribution >= 0.6 is 11.6 Å². The standard InChI is InChI=1S/C22H17ClF5N7O4/c23-12-7-5-11(6-8-12)19-32-34(21(38)33(19)9-14(36)17(24)25)10-16-30-20(18(29)37)35(31-16)13-3-1-2-4-15(13)39-22(26,27)28/h1-8,14,17,36H,9-10H2,(H2,29,37). The molecule has 3 N–H and O–H groups in total. The van der Waals surface area contributed by atoms with Crippen LogP contribution in [0.4, 0.5) is 22.0 Å². The smallest absolute Gasteiger partial charge is 0.403 e. The first kappa shape index (κ1) is 27.7. The van der Waals surface area contributed by atoms with Gasteiger partial charge in [-0.1, -0.05) is 23.7 Å². The Balaban J connectivity index is 1.78. The Labute approximate surface area is 219 Å². The minimum Gasteiger partial charge on any atom is -0.403 e. The number of alkyl halides is 5. The third kappa shape index (κ3) is 6.23. The molecule has 0 aliphatic carbocycles. The van der Waals surface area contributed by atoms with Crippen molar-refractivity contribution in [3.63, 3.8) is 0 Å². The molecule has 2 heterocycles. The second-order valence-electron chi connectivity index (χ2n) is 7.93. The van der Waals surface area contributed by atoms with Gasteiger partial charge in [-0.2, -0.15) is 0 Å². The highest BCUT2D eigenvalue weighted by atomic mass is 35.5. The number of primary amides is 1. The molecule has 0 spiro atoms. The molecule has 0 aliphatic heterocycles. The largest absolute Gasteiger partial charge is 0.573 e. The summed E-state index contributed by atoms with van der Waals surface area (Å²) in [7, 11) is 0. The summed E-state index contributed by atoms with van der Waals surface area (Å²) in [5, 5.41) is 18.2. The maximum absolute atomic E-state index is 13.1. The Kier molecular flexibility index (Phi) is 7.69. The molecule has 1 unspecified atom stereocenters. The number of nitrogens with two attached hydrogens (primary N) is 1. The van der Waals surface area contributed by atoms with Crippen molar-refractivity contribution in [2.45, 2.75) is 32.0 Å². The van der Waals surface area contributed by atoms with Gasteiger partial charge in [0, 0.05) is 10.6 Å². The van der Waals surface area contributed by atoms with E-state index in [0.717, 1.165) is 21.4 Å². The molecule has 0 fully saturated rings. The predicted octanol–water partition coefficient (Wildman–Crippen LogP) is 2.62. The molecule has 0 saturated heterocycles. The van der Waals surface area contributed by atoms with Gasteiger partial charge in [-0.25, -0.2) is 27.9 Å². The van der Waals surface area contributed by atoms with Crippen molar-refractivity contribution in [1.29, 1.82) is 0 Å². The average molecular weight is 574 g/mol. The van der Waals surface area contributed by atoms with E-state index in [1.165, 1.54) is 36.4 Å². The van der Waals surface area contributed by atoms with Gasteiger partial charge < -0.3 is 15.6 Å². The zero-order chi connectivity index (χ0) is 28.5. The van der Waals surface area contributed by atoms with Gasteiger partial charge in [0.1, 0.15) is 18.3 Å². The maximum Gasteiger partial charge on any atom is 0.573 e. The number of carbonyl (C=O) groups excluding carboxylic acids is 1. The molecule has 11 nitrogen and oxygen atoms in total. The fourth-order valence-corrected chi connectivity index (χ4v) is 3.64. The van der Waals surface area contributed by atoms with Crippen LogP contribution in [0.2, 0.25) is 5.02 Å². The summed E-state index contributed by atoms with van der Waals surface area (Å²) in [6.07, 6.45) is -10.4. The van der Waals surface area contributed by atoms with Crippen LogP contribution in [0.25, 0.3) is 17.1 Å². The van der Waals surface area contributed by atoms with Gasteiger partial charge in [0.05, 0.1) is 6.54 Å². The van der Waals surface area contributed by atoms with E-state index in [-0.39, 0.29) is 17.3 Å². The molecule has 206 valence electrons. The molecule has 1 atom stereocenters. The lowest BCUT2D eigenvalue weighted by Crippen LogP contribution is -2.32. The van der Waals surface area contributed by atoms with Gasteiger partial charge in [0.2, 0.25) is 5.82 Å². The maximum atomic E-state index is 13.1. The molecule has 0 bridgehead atoms. The molecule has 0 radical (unpaired) electrons. The van der Waals surface area contributed by atoms with E-state index in [9.17, 15) is 36.6 Å². The molecule has 0 saturated carbocycles. The van der Waals surface area contributed by atoms with Crippen LogP contribution < -0.4 is 16.2 Å². The minimum absolute atomic E-state index is 0.102. The van der Waals surface area contributed by atoms with Gasteiger partial charge >= 0.3 is 12.1 Å². The first-order valence-electron chi connectivity index (χ1n) is 10.8. The van der Waals surface area contributed by atoms with E-state index in [4.69, 9.17) is 17.3 Å². The molecule has 2 aromatic heterocycles. The number of nitrogens with zero attached hydrogens (tertiary/aromatic N) is 6. The van der Waals surface area contributed by atoms with Crippen LogP contribution in [0.15, 0.2) is 53.3 Å². The summed E-state index contributed by atoms with van der Waals surface area (Å²) in [6, 6.07) is 10.6. The van der Waals surface area contributed by atoms with Crippen LogP contribution in [-0.4, -0.2) is 59.0 Å². The van der Waals surface area contributed by atoms with Crippen molar-refractivity contribution in [3.8, 4) is 22.8 Å². The molecule has 39 heavy (non-hydrogen) atoms. The molecule has 1 amide bonds. The van der Waals surface area contributed by atoms with E-state index in [2.05, 4.69) is 19.9 Å². The van der Waals surface area contributed by atoms with Crippen molar-refractivity contribution in [2.75, 3.05) is 0 Å². The number of aliphatic hydroxyl groups excluding tert-OH is 1. The molecule has 2 aromatic carbocycles. The van der Waals surface area contributed by atoms with E-state index in [0.29, 0.717) is 15.3 Å². The molecule has 4 aromatic rings. The number of ether oxygens (including phenoxy) is 1. The highest BCUT2D eigenvalue weighted by Crippen LogP contribution is 2.29. The van der Waals surface area contributed by atoms with Crippen LogP contribution in [0.3, 0.4) is 0 Å². The molecular formula is C22H17ClF5N7O4. The number of rotatable bonds is 9. The topological polar surface area (TPSA) is 143 Å². The summed E-state index contributed by atoms with van der Waals surface area (Å²) >= 11 is 5.89. The summed E-state index contributed by atoms with van der Waals surface area (Å²) in [4.78, 5) is 29.0. The van der Waals surface area contributed by atoms with Crippen LogP contribution in [0, 0.1) is 0 Å². The molecule has 0 aliphatic rings. The zero-order valence-electron chi connectivity index (χ0n) is 19.4. The highest BCUT2D eigenvalue weighted by molar-refractivity contribution is 6.30. The number of aliphatic hydroxyl groups is 1. The van der Waals surface area contributed by atoms with Crippen molar-refractivity contribution in [2.24, 2.45) is 5.73 Å². The lowest BCUT2D eigenvalue weighted by atomic mass is 10.2. The Hall–Kier alpha value is -4.31. The van der Waals surface area contributed by atoms with Gasteiger partial charge in [0.15, 0.2) is 17.4 Å². The van der Waals surface area contributed by atoms with Gasteiger partial charge in [-0.05, 0) is 36.4 Å². The lowest BCUT2D eigenvalue weighted by Gasteiger charge is -2.13. The van der Waals surface area contributed by atoms with Crippen LogP contribution in [0.1, 0.15) is 16.4 Å². The SMILES string of the molecule is NC(=O)c1nc(Cn2nc(-c3ccc(Cl)cc3)n(CC(O)C(F)F)c2=O)nn1-c1ccccc1OC(F)(F)F. The first-order chi connectivity index (χ1) is 18.3. The number of halogens is 6. The van der Waals surface area contributed by atoms with E-state index >= 15 is 0 Å². The number of amides is 1. The summed E-state index contributed by atoms with van der Waals surface area (Å²) in [5.41, 5.74) is 4.36. The van der Waals surface area contributed by atoms with E-state index in [1.54, 1.807) is 0 Å². The predicted molar refractivity (Wildman–Crippen MR) is 125 cm³/mol. The Bertz CT molecular complexity index is 1550. The number of hydrogen-bond acceptors (Lipinski definition) is 7. The minimum atomic E-state index is -5.06. The summed E-state index contributed by atoms with van der Waals surface area (Å²) in [6.45, 7) is -1.36. The first-order valence-corrected chi connectivity index (χ1v) is 11.2. The Morgan fingerprint density at radius 2 is 1.77 bits per heavy atom. The van der Waals surface area contributed by atoms with Gasteiger partial charge in [-0.3, -0.25) is 9.36 Å². The number of benzene rings is 2. The average Bonchev–Trinajstić information content (AvgIpc) is 3.41. The zero-order valence-corrected chi connectivity index (χ0v) is 20.1. The van der Waals surface area contributed by atoms with E-state index < -0.39 is 55.2 Å². The molecule has 17 heteroatoms. The van der Waals surface area contributed by atoms with Gasteiger partial charge in [-0.15, -0.1) is 23.4 Å². The third-order valence-electron chi connectivity index (χ3n) is 5.17. The molecule has 4 rings (SSSR count). The van der Waals surface area contributed by atoms with Gasteiger partial charge in [0.25, 0.3) is 12.3 Å². The van der Waals surface area contributed by atoms with Crippen molar-refractivity contribution < 1.29 is 36.6 Å². The summed E-state index contributed by atoms with van der Waals surface area (Å²) < 4.78 is 71.1. The molecular weight excluding hydrogens is 557 g/mol. The van der Waals surface area contributed by atoms with Crippen molar-refractivity contribution in [3.05, 3.63) is 75.7 Å². The van der Waals surface area contributed by atoms with Crippen molar-refractivity contribution >= 4 is 17.5 Å². The van der Waals surface area contributed by atoms with Crippen molar-refractivity contribution in [1.82, 2.24) is 29.1 Å². The lowest BCUT2D eigenvalue weighted by molar-refractivity contribution is -0.274. The summed E-state index contributed by atoms with van der Waals surface area (Å²) in [5.74, 6) is -2.84. The fourth-order valence-electron chi connectivity index (χ4n) is 3.51. The normalized spacial score (nSPS) is 12.6. The van der Waals surface area contributed by atoms with Crippen LogP contribution in [0.5, 0.6) is 5.75 Å². The Morgan fingerprint density at radius 1 is 1.10 bits per heavy atom. The number of para-hydroxylation sites is 2. The number of aromatic nitrogens is 6. The quantitative estimate of drug-likeness (QED) is 0.293. The van der Waals surface area contributed by atoms with Crippen LogP contribution in [-0.2, 0) is 13.1 Å². The second-order valence-corrected chi connectivity index (χ2v) is 8.36. The third-order valence-corrected chi connectivity index (χ3v) is 5.42. The number of hydrogen-bond donors (Lipinski definition) is 2. The highest BCUT2D eigenvalue weighted by Gasteiger charge is 2.33. The Morgan fingerprint density at radius 3 is 2.38 bits per heavy atom. The van der Waals surface area contributed by atoms with E-state index in [1.807, 2.05) is 0 Å². The second kappa shape index (κ2) is 10.8.